The number of imidazole rings is 1. The van der Waals surface area contributed by atoms with Gasteiger partial charge in [0.05, 0.1) is 30.4 Å². The lowest BCUT2D eigenvalue weighted by atomic mass is 10.1. The predicted octanol–water partition coefficient (Wildman–Crippen LogP) is 4.13. The van der Waals surface area contributed by atoms with Crippen LogP contribution in [0.5, 0.6) is 0 Å². The van der Waals surface area contributed by atoms with E-state index in [9.17, 15) is 0 Å². The number of benzene rings is 1. The van der Waals surface area contributed by atoms with E-state index in [-0.39, 0.29) is 6.04 Å². The van der Waals surface area contributed by atoms with Gasteiger partial charge in [0.25, 0.3) is 0 Å². The lowest BCUT2D eigenvalue weighted by molar-refractivity contribution is 0.185. The molecule has 0 N–H and O–H groups in total. The van der Waals surface area contributed by atoms with E-state index in [1.54, 1.807) is 24.8 Å². The van der Waals surface area contributed by atoms with Crippen molar-refractivity contribution in [2.75, 3.05) is 13.7 Å². The van der Waals surface area contributed by atoms with E-state index in [0.29, 0.717) is 6.61 Å². The van der Waals surface area contributed by atoms with Crippen LogP contribution in [0.4, 0.5) is 0 Å². The molecule has 0 saturated carbocycles. The quantitative estimate of drug-likeness (QED) is 0.484. The zero-order valence-electron chi connectivity index (χ0n) is 15.3. The molecule has 0 spiro atoms. The van der Waals surface area contributed by atoms with Gasteiger partial charge >= 0.3 is 0 Å². The molecule has 4 rings (SSSR count). The molecule has 0 aliphatic carbocycles. The summed E-state index contributed by atoms with van der Waals surface area (Å²) < 4.78 is 9.42. The molecule has 6 nitrogen and oxygen atoms in total. The van der Waals surface area contributed by atoms with Crippen molar-refractivity contribution >= 4 is 11.3 Å². The molecule has 0 aliphatic heterocycles. The van der Waals surface area contributed by atoms with Gasteiger partial charge < -0.3 is 13.9 Å². The van der Waals surface area contributed by atoms with Crippen LogP contribution < -0.4 is 0 Å². The lowest BCUT2D eigenvalue weighted by Crippen LogP contribution is -2.15. The number of nitrogens with zero attached hydrogens (tertiary/aromatic N) is 5. The van der Waals surface area contributed by atoms with E-state index in [1.807, 2.05) is 29.1 Å². The lowest BCUT2D eigenvalue weighted by Gasteiger charge is -2.17. The van der Waals surface area contributed by atoms with Gasteiger partial charge in [0.15, 0.2) is 5.82 Å². The third kappa shape index (κ3) is 3.43. The summed E-state index contributed by atoms with van der Waals surface area (Å²) in [5.41, 5.74) is 4.33. The van der Waals surface area contributed by atoms with Crippen molar-refractivity contribution in [3.63, 3.8) is 0 Å². The molecular formula is C20H21N5OS. The third-order valence-electron chi connectivity index (χ3n) is 4.61. The van der Waals surface area contributed by atoms with Crippen LogP contribution in [0, 0.1) is 0 Å². The van der Waals surface area contributed by atoms with Crippen LogP contribution in [-0.2, 0) is 11.3 Å². The molecule has 1 aromatic carbocycles. The Bertz CT molecular complexity index is 991. The molecule has 0 saturated heterocycles. The first-order valence-electron chi connectivity index (χ1n) is 8.81. The second kappa shape index (κ2) is 7.85. The number of rotatable bonds is 7. The summed E-state index contributed by atoms with van der Waals surface area (Å²) in [5, 5.41) is 12.7. The van der Waals surface area contributed by atoms with Crippen molar-refractivity contribution in [3.8, 4) is 22.5 Å². The zero-order valence-corrected chi connectivity index (χ0v) is 16.1. The first-order valence-corrected chi connectivity index (χ1v) is 9.75. The summed E-state index contributed by atoms with van der Waals surface area (Å²) in [4.78, 5) is 4.75. The molecular weight excluding hydrogens is 358 g/mol. The molecule has 4 aromatic rings. The summed E-state index contributed by atoms with van der Waals surface area (Å²) in [5.74, 6) is 0.889. The van der Waals surface area contributed by atoms with Gasteiger partial charge in [-0.15, -0.1) is 10.2 Å². The highest BCUT2D eigenvalue weighted by molar-refractivity contribution is 7.08. The van der Waals surface area contributed by atoms with Crippen molar-refractivity contribution in [2.45, 2.75) is 19.5 Å². The Labute approximate surface area is 162 Å². The van der Waals surface area contributed by atoms with Crippen molar-refractivity contribution in [1.29, 1.82) is 0 Å². The van der Waals surface area contributed by atoms with Gasteiger partial charge in [0.2, 0.25) is 0 Å². The van der Waals surface area contributed by atoms with Crippen molar-refractivity contribution in [3.05, 3.63) is 65.6 Å². The van der Waals surface area contributed by atoms with Crippen molar-refractivity contribution in [2.24, 2.45) is 0 Å². The highest BCUT2D eigenvalue weighted by atomic mass is 32.1. The Hall–Kier alpha value is -2.77. The van der Waals surface area contributed by atoms with Crippen LogP contribution in [0.3, 0.4) is 0 Å². The first kappa shape index (κ1) is 17.6. The van der Waals surface area contributed by atoms with Gasteiger partial charge in [-0.05, 0) is 18.4 Å². The standard InChI is InChI=1S/C20H21N5OS/c1-15(20-23-22-14-24(20)9-10-26-2)25-13-21-18(16-6-4-3-5-7-16)19(25)17-8-11-27-12-17/h3-8,11-15H,9-10H2,1-2H3. The number of thiophene rings is 1. The maximum Gasteiger partial charge on any atom is 0.155 e. The van der Waals surface area contributed by atoms with Crippen LogP contribution in [0.1, 0.15) is 18.8 Å². The van der Waals surface area contributed by atoms with Crippen LogP contribution in [0.25, 0.3) is 22.5 Å². The molecule has 1 unspecified atom stereocenters. The summed E-state index contributed by atoms with van der Waals surface area (Å²) in [7, 11) is 1.70. The predicted molar refractivity (Wildman–Crippen MR) is 107 cm³/mol. The molecule has 3 heterocycles. The van der Waals surface area contributed by atoms with Gasteiger partial charge in [-0.25, -0.2) is 4.98 Å². The normalized spacial score (nSPS) is 12.4. The molecule has 0 radical (unpaired) electrons. The maximum atomic E-state index is 5.21. The number of hydrogen-bond acceptors (Lipinski definition) is 5. The second-order valence-electron chi connectivity index (χ2n) is 6.28. The molecule has 0 fully saturated rings. The Morgan fingerprint density at radius 1 is 1.11 bits per heavy atom. The summed E-state index contributed by atoms with van der Waals surface area (Å²) in [6.45, 7) is 3.46. The molecule has 0 bridgehead atoms. The smallest absolute Gasteiger partial charge is 0.155 e. The monoisotopic (exact) mass is 379 g/mol. The zero-order chi connectivity index (χ0) is 18.6. The molecule has 138 valence electrons. The van der Waals surface area contributed by atoms with E-state index < -0.39 is 0 Å². The van der Waals surface area contributed by atoms with E-state index >= 15 is 0 Å². The Balaban J connectivity index is 1.80. The molecule has 27 heavy (non-hydrogen) atoms. The number of methoxy groups -OCH3 is 1. The van der Waals surface area contributed by atoms with E-state index in [1.165, 1.54) is 0 Å². The molecule has 0 amide bonds. The molecule has 7 heteroatoms. The third-order valence-corrected chi connectivity index (χ3v) is 5.29. The summed E-state index contributed by atoms with van der Waals surface area (Å²) in [6, 6.07) is 12.4. The van der Waals surface area contributed by atoms with Crippen LogP contribution in [0.2, 0.25) is 0 Å². The van der Waals surface area contributed by atoms with Crippen LogP contribution in [0.15, 0.2) is 59.8 Å². The highest BCUT2D eigenvalue weighted by Crippen LogP contribution is 2.35. The van der Waals surface area contributed by atoms with Crippen molar-refractivity contribution in [1.82, 2.24) is 24.3 Å². The van der Waals surface area contributed by atoms with E-state index in [0.717, 1.165) is 34.9 Å². The van der Waals surface area contributed by atoms with Gasteiger partial charge in [0, 0.05) is 30.2 Å². The molecule has 1 atom stereocenters. The topological polar surface area (TPSA) is 57.8 Å². The van der Waals surface area contributed by atoms with Gasteiger partial charge in [-0.3, -0.25) is 0 Å². The maximum absolute atomic E-state index is 5.21. The average molecular weight is 379 g/mol. The van der Waals surface area contributed by atoms with Crippen LogP contribution in [-0.4, -0.2) is 38.0 Å². The van der Waals surface area contributed by atoms with E-state index in [2.05, 4.69) is 50.6 Å². The fraction of sp³-hybridized carbons (Fsp3) is 0.250. The minimum atomic E-state index is -0.00998. The Morgan fingerprint density at radius 3 is 2.70 bits per heavy atom. The minimum absolute atomic E-state index is 0.00998. The van der Waals surface area contributed by atoms with Crippen LogP contribution >= 0.6 is 11.3 Å². The Kier molecular flexibility index (Phi) is 5.13. The summed E-state index contributed by atoms with van der Waals surface area (Å²) >= 11 is 1.68. The fourth-order valence-electron chi connectivity index (χ4n) is 3.22. The number of hydrogen-bond donors (Lipinski definition) is 0. The van der Waals surface area contributed by atoms with Crippen molar-refractivity contribution < 1.29 is 4.74 Å². The average Bonchev–Trinajstić information content (AvgIpc) is 3.46. The highest BCUT2D eigenvalue weighted by Gasteiger charge is 2.22. The van der Waals surface area contributed by atoms with Gasteiger partial charge in [-0.2, -0.15) is 11.3 Å². The SMILES string of the molecule is COCCn1cnnc1C(C)n1cnc(-c2ccccc2)c1-c1ccsc1. The molecule has 0 aliphatic rings. The number of ether oxygens (including phenoxy) is 1. The summed E-state index contributed by atoms with van der Waals surface area (Å²) in [6.07, 6.45) is 3.65. The number of aromatic nitrogens is 5. The minimum Gasteiger partial charge on any atom is -0.383 e. The largest absolute Gasteiger partial charge is 0.383 e. The van der Waals surface area contributed by atoms with Gasteiger partial charge in [-0.1, -0.05) is 30.3 Å². The fourth-order valence-corrected chi connectivity index (χ4v) is 3.86. The Morgan fingerprint density at radius 2 is 1.96 bits per heavy atom. The first-order chi connectivity index (χ1) is 13.3. The molecule has 3 aromatic heterocycles. The van der Waals surface area contributed by atoms with Gasteiger partial charge in [0.1, 0.15) is 6.33 Å². The van der Waals surface area contributed by atoms with E-state index in [4.69, 9.17) is 9.72 Å². The second-order valence-corrected chi connectivity index (χ2v) is 7.06.